The fourth-order valence-electron chi connectivity index (χ4n) is 4.82. The molecule has 1 saturated heterocycles. The van der Waals surface area contributed by atoms with Crippen LogP contribution in [-0.4, -0.2) is 61.4 Å². The highest BCUT2D eigenvalue weighted by Crippen LogP contribution is 2.27. The Morgan fingerprint density at radius 2 is 2.09 bits per heavy atom. The topological polar surface area (TPSA) is 90.1 Å². The molecule has 2 aliphatic rings. The molecule has 0 aromatic carbocycles. The highest BCUT2D eigenvalue weighted by molar-refractivity contribution is 5.76. The fourth-order valence-corrected chi connectivity index (χ4v) is 4.82. The van der Waals surface area contributed by atoms with Crippen molar-refractivity contribution in [3.8, 4) is 0 Å². The van der Waals surface area contributed by atoms with Gasteiger partial charge in [-0.15, -0.1) is 0 Å². The number of likely N-dealkylation sites (tertiary alicyclic amines) is 1. The predicted octanol–water partition coefficient (Wildman–Crippen LogP) is 3.20. The van der Waals surface area contributed by atoms with Crippen molar-refractivity contribution in [3.63, 3.8) is 0 Å². The Labute approximate surface area is 187 Å². The lowest BCUT2D eigenvalue weighted by Gasteiger charge is -2.22. The quantitative estimate of drug-likeness (QED) is 0.568. The second kappa shape index (κ2) is 9.28. The van der Waals surface area contributed by atoms with Gasteiger partial charge in [0.1, 0.15) is 18.3 Å². The van der Waals surface area contributed by atoms with Crippen molar-refractivity contribution in [2.45, 2.75) is 57.7 Å². The SMILES string of the molecule is CN1CCC(OC(=O)Cn2cc(Nc3ncc4ccn(CC5CCCCC5)c4n3)cn2)C1. The van der Waals surface area contributed by atoms with E-state index in [4.69, 9.17) is 9.72 Å². The molecule has 9 heteroatoms. The summed E-state index contributed by atoms with van der Waals surface area (Å²) in [6, 6.07) is 2.08. The summed E-state index contributed by atoms with van der Waals surface area (Å²) in [5.41, 5.74) is 1.69. The Balaban J connectivity index is 1.21. The number of aromatic nitrogens is 5. The molecule has 3 aromatic heterocycles. The first-order chi connectivity index (χ1) is 15.6. The molecule has 32 heavy (non-hydrogen) atoms. The Morgan fingerprint density at radius 3 is 2.91 bits per heavy atom. The maximum absolute atomic E-state index is 12.2. The lowest BCUT2D eigenvalue weighted by atomic mass is 9.89. The van der Waals surface area contributed by atoms with E-state index in [1.807, 2.05) is 13.2 Å². The van der Waals surface area contributed by atoms with Crippen LogP contribution in [0.15, 0.2) is 30.9 Å². The molecular weight excluding hydrogens is 406 g/mol. The minimum absolute atomic E-state index is 0.0226. The summed E-state index contributed by atoms with van der Waals surface area (Å²) in [6.45, 7) is 2.85. The van der Waals surface area contributed by atoms with Gasteiger partial charge in [0.25, 0.3) is 0 Å². The van der Waals surface area contributed by atoms with Gasteiger partial charge in [0.2, 0.25) is 5.95 Å². The van der Waals surface area contributed by atoms with E-state index in [1.54, 1.807) is 17.1 Å². The standard InChI is InChI=1S/C23H31N7O2/c1-28-9-8-20(15-28)32-21(31)16-30-14-19(12-25-30)26-23-24-11-18-7-10-29(22(18)27-23)13-17-5-3-2-4-6-17/h7,10-12,14,17,20H,2-6,8-9,13,15-16H2,1H3,(H,24,26,27). The van der Waals surface area contributed by atoms with Crippen molar-refractivity contribution in [2.24, 2.45) is 5.92 Å². The summed E-state index contributed by atoms with van der Waals surface area (Å²) in [5.74, 6) is 0.990. The van der Waals surface area contributed by atoms with Crippen LogP contribution in [0.3, 0.4) is 0 Å². The second-order valence-corrected chi connectivity index (χ2v) is 9.16. The number of carbonyl (C=O) groups is 1. The van der Waals surface area contributed by atoms with Gasteiger partial charge in [0.15, 0.2) is 0 Å². The molecule has 0 bridgehead atoms. The third-order valence-corrected chi connectivity index (χ3v) is 6.51. The van der Waals surface area contributed by atoms with Crippen molar-refractivity contribution >= 4 is 28.6 Å². The summed E-state index contributed by atoms with van der Waals surface area (Å²) in [4.78, 5) is 23.6. The molecule has 2 fully saturated rings. The number of hydrogen-bond acceptors (Lipinski definition) is 7. The Morgan fingerprint density at radius 1 is 1.22 bits per heavy atom. The third-order valence-electron chi connectivity index (χ3n) is 6.51. The molecule has 0 radical (unpaired) electrons. The van der Waals surface area contributed by atoms with Gasteiger partial charge in [0, 0.05) is 43.6 Å². The number of likely N-dealkylation sites (N-methyl/N-ethyl adjacent to an activating group) is 1. The van der Waals surface area contributed by atoms with Crippen molar-refractivity contribution in [3.05, 3.63) is 30.9 Å². The zero-order chi connectivity index (χ0) is 21.9. The smallest absolute Gasteiger partial charge is 0.328 e. The molecule has 0 amide bonds. The van der Waals surface area contributed by atoms with Crippen LogP contribution < -0.4 is 5.32 Å². The average molecular weight is 438 g/mol. The highest BCUT2D eigenvalue weighted by atomic mass is 16.5. The van der Waals surface area contributed by atoms with Gasteiger partial charge in [-0.3, -0.25) is 9.48 Å². The van der Waals surface area contributed by atoms with E-state index in [-0.39, 0.29) is 18.6 Å². The Kier molecular flexibility index (Phi) is 6.07. The van der Waals surface area contributed by atoms with Gasteiger partial charge in [0.05, 0.1) is 11.9 Å². The number of anilines is 2. The summed E-state index contributed by atoms with van der Waals surface area (Å²) in [5, 5.41) is 8.53. The Bertz CT molecular complexity index is 1070. The largest absolute Gasteiger partial charge is 0.460 e. The summed E-state index contributed by atoms with van der Waals surface area (Å²) in [6.07, 6.45) is 14.9. The van der Waals surface area contributed by atoms with Gasteiger partial charge >= 0.3 is 5.97 Å². The van der Waals surface area contributed by atoms with Crippen LogP contribution in [0.25, 0.3) is 11.0 Å². The maximum Gasteiger partial charge on any atom is 0.328 e. The first kappa shape index (κ1) is 20.9. The minimum atomic E-state index is -0.266. The number of nitrogens with zero attached hydrogens (tertiary/aromatic N) is 6. The normalized spacial score (nSPS) is 20.1. The lowest BCUT2D eigenvalue weighted by Crippen LogP contribution is -2.24. The summed E-state index contributed by atoms with van der Waals surface area (Å²) in [7, 11) is 2.03. The second-order valence-electron chi connectivity index (χ2n) is 9.16. The zero-order valence-corrected chi connectivity index (χ0v) is 18.6. The predicted molar refractivity (Wildman–Crippen MR) is 122 cm³/mol. The number of ether oxygens (including phenoxy) is 1. The van der Waals surface area contributed by atoms with Crippen molar-refractivity contribution in [1.82, 2.24) is 29.2 Å². The fraction of sp³-hybridized carbons (Fsp3) is 0.565. The molecule has 1 N–H and O–H groups in total. The molecule has 1 saturated carbocycles. The van der Waals surface area contributed by atoms with Crippen molar-refractivity contribution in [1.29, 1.82) is 0 Å². The van der Waals surface area contributed by atoms with Gasteiger partial charge in [-0.25, -0.2) is 4.98 Å². The lowest BCUT2D eigenvalue weighted by molar-refractivity contribution is -0.149. The van der Waals surface area contributed by atoms with Crippen molar-refractivity contribution < 1.29 is 9.53 Å². The van der Waals surface area contributed by atoms with E-state index >= 15 is 0 Å². The number of rotatable bonds is 7. The summed E-state index contributed by atoms with van der Waals surface area (Å²) >= 11 is 0. The van der Waals surface area contributed by atoms with Gasteiger partial charge < -0.3 is 19.5 Å². The van der Waals surface area contributed by atoms with Crippen molar-refractivity contribution in [2.75, 3.05) is 25.5 Å². The molecule has 9 nitrogen and oxygen atoms in total. The summed E-state index contributed by atoms with van der Waals surface area (Å²) < 4.78 is 9.36. The Hall–Kier alpha value is -2.94. The molecule has 0 spiro atoms. The molecule has 3 aromatic rings. The zero-order valence-electron chi connectivity index (χ0n) is 18.6. The van der Waals surface area contributed by atoms with Crippen LogP contribution in [0.2, 0.25) is 0 Å². The molecule has 4 heterocycles. The monoisotopic (exact) mass is 437 g/mol. The average Bonchev–Trinajstić information content (AvgIpc) is 3.50. The van der Waals surface area contributed by atoms with E-state index in [9.17, 15) is 4.79 Å². The maximum atomic E-state index is 12.2. The van der Waals surface area contributed by atoms with E-state index in [0.717, 1.165) is 48.7 Å². The first-order valence-electron chi connectivity index (χ1n) is 11.6. The van der Waals surface area contributed by atoms with Crippen LogP contribution in [0, 0.1) is 5.92 Å². The van der Waals surface area contributed by atoms with Crippen LogP contribution in [0.1, 0.15) is 38.5 Å². The van der Waals surface area contributed by atoms with E-state index in [2.05, 4.69) is 37.1 Å². The molecule has 1 aliphatic heterocycles. The van der Waals surface area contributed by atoms with E-state index in [0.29, 0.717) is 5.95 Å². The molecule has 1 aliphatic carbocycles. The van der Waals surface area contributed by atoms with Crippen LogP contribution in [0.4, 0.5) is 11.6 Å². The third kappa shape index (κ3) is 4.93. The number of carbonyl (C=O) groups excluding carboxylic acids is 1. The molecule has 5 rings (SSSR count). The molecule has 170 valence electrons. The first-order valence-corrected chi connectivity index (χ1v) is 11.6. The van der Waals surface area contributed by atoms with Gasteiger partial charge in [-0.05, 0) is 38.3 Å². The molecular formula is C23H31N7O2. The van der Waals surface area contributed by atoms with Crippen LogP contribution >= 0.6 is 0 Å². The van der Waals surface area contributed by atoms with Gasteiger partial charge in [-0.1, -0.05) is 19.3 Å². The number of nitrogens with one attached hydrogen (secondary N) is 1. The number of esters is 1. The van der Waals surface area contributed by atoms with E-state index < -0.39 is 0 Å². The van der Waals surface area contributed by atoms with Crippen LogP contribution in [0.5, 0.6) is 0 Å². The number of fused-ring (bicyclic) bond motifs is 1. The molecule has 1 atom stereocenters. The van der Waals surface area contributed by atoms with Gasteiger partial charge in [-0.2, -0.15) is 10.1 Å². The highest BCUT2D eigenvalue weighted by Gasteiger charge is 2.23. The number of hydrogen-bond donors (Lipinski definition) is 1. The van der Waals surface area contributed by atoms with Crippen LogP contribution in [-0.2, 0) is 22.6 Å². The van der Waals surface area contributed by atoms with E-state index in [1.165, 1.54) is 32.1 Å². The molecule has 1 unspecified atom stereocenters. The minimum Gasteiger partial charge on any atom is -0.460 e.